The van der Waals surface area contributed by atoms with Gasteiger partial charge in [-0.15, -0.1) is 10.2 Å². The van der Waals surface area contributed by atoms with E-state index in [-0.39, 0.29) is 11.5 Å². The number of nitrogens with one attached hydrogen (secondary N) is 1. The summed E-state index contributed by atoms with van der Waals surface area (Å²) < 4.78 is 13.1. The smallest absolute Gasteiger partial charge is 0.356 e. The molecule has 1 aromatic carbocycles. The molecule has 0 atom stereocenters. The number of aromatic carboxylic acids is 1. The quantitative estimate of drug-likeness (QED) is 0.870. The average molecular weight is 247 g/mol. The topological polar surface area (TPSA) is 75.1 Å². The predicted molar refractivity (Wildman–Crippen MR) is 63.4 cm³/mol. The summed E-state index contributed by atoms with van der Waals surface area (Å²) in [5.74, 6) is -1.02. The summed E-state index contributed by atoms with van der Waals surface area (Å²) in [5.41, 5.74) is 1.04. The second-order valence-electron chi connectivity index (χ2n) is 3.70. The third kappa shape index (κ3) is 2.60. The van der Waals surface area contributed by atoms with E-state index < -0.39 is 5.97 Å². The van der Waals surface area contributed by atoms with Crippen molar-refractivity contribution >= 4 is 17.5 Å². The van der Waals surface area contributed by atoms with Crippen LogP contribution in [0.3, 0.4) is 0 Å². The zero-order chi connectivity index (χ0) is 13.1. The molecule has 1 heterocycles. The molecule has 92 valence electrons. The van der Waals surface area contributed by atoms with E-state index in [0.717, 1.165) is 0 Å². The van der Waals surface area contributed by atoms with Gasteiger partial charge in [-0.25, -0.2) is 9.18 Å². The van der Waals surface area contributed by atoms with Gasteiger partial charge in [0.2, 0.25) is 0 Å². The Kier molecular flexibility index (Phi) is 3.18. The molecule has 5 nitrogen and oxygen atoms in total. The van der Waals surface area contributed by atoms with E-state index in [4.69, 9.17) is 5.11 Å². The second kappa shape index (κ2) is 4.79. The standard InChI is InChI=1S/C12H10FN3O2/c1-7-6-8(2-3-9(7)13)14-11-5-4-10(12(17)18)15-16-11/h2-6H,1H3,(H,14,16)(H,17,18). The fraction of sp³-hybridized carbons (Fsp3) is 0.0833. The third-order valence-electron chi connectivity index (χ3n) is 2.31. The maximum absolute atomic E-state index is 13.1. The molecule has 18 heavy (non-hydrogen) atoms. The Labute approximate surface area is 102 Å². The number of aromatic nitrogens is 2. The van der Waals surface area contributed by atoms with Crippen LogP contribution in [0.25, 0.3) is 0 Å². The van der Waals surface area contributed by atoms with Gasteiger partial charge in [-0.2, -0.15) is 0 Å². The molecule has 0 spiro atoms. The van der Waals surface area contributed by atoms with Crippen LogP contribution in [0, 0.1) is 12.7 Å². The summed E-state index contributed by atoms with van der Waals surface area (Å²) in [6.45, 7) is 1.65. The molecule has 1 aromatic heterocycles. The zero-order valence-corrected chi connectivity index (χ0v) is 9.51. The molecule has 0 aliphatic carbocycles. The third-order valence-corrected chi connectivity index (χ3v) is 2.31. The lowest BCUT2D eigenvalue weighted by Gasteiger charge is -2.06. The van der Waals surface area contributed by atoms with Gasteiger partial charge in [0.25, 0.3) is 0 Å². The van der Waals surface area contributed by atoms with Crippen LogP contribution in [0.5, 0.6) is 0 Å². The highest BCUT2D eigenvalue weighted by Gasteiger charge is 2.05. The van der Waals surface area contributed by atoms with E-state index in [1.54, 1.807) is 19.1 Å². The van der Waals surface area contributed by atoms with Crippen molar-refractivity contribution in [1.82, 2.24) is 10.2 Å². The largest absolute Gasteiger partial charge is 0.476 e. The maximum Gasteiger partial charge on any atom is 0.356 e. The number of anilines is 2. The Morgan fingerprint density at radius 2 is 2.06 bits per heavy atom. The van der Waals surface area contributed by atoms with Gasteiger partial charge in [0, 0.05) is 5.69 Å². The summed E-state index contributed by atoms with van der Waals surface area (Å²) in [6.07, 6.45) is 0. The highest BCUT2D eigenvalue weighted by atomic mass is 19.1. The van der Waals surface area contributed by atoms with Gasteiger partial charge in [-0.3, -0.25) is 0 Å². The van der Waals surface area contributed by atoms with Gasteiger partial charge < -0.3 is 10.4 Å². The number of carboxylic acids is 1. The SMILES string of the molecule is Cc1cc(Nc2ccc(C(=O)O)nn2)ccc1F. The number of hydrogen-bond acceptors (Lipinski definition) is 4. The van der Waals surface area contributed by atoms with Crippen molar-refractivity contribution in [2.75, 3.05) is 5.32 Å². The number of aryl methyl sites for hydroxylation is 1. The number of nitrogens with zero attached hydrogens (tertiary/aromatic N) is 2. The summed E-state index contributed by atoms with van der Waals surface area (Å²) in [4.78, 5) is 10.6. The molecule has 0 unspecified atom stereocenters. The van der Waals surface area contributed by atoms with Crippen molar-refractivity contribution in [1.29, 1.82) is 0 Å². The number of carbonyl (C=O) groups is 1. The first-order valence-corrected chi connectivity index (χ1v) is 5.16. The maximum atomic E-state index is 13.1. The van der Waals surface area contributed by atoms with Crippen LogP contribution in [0.1, 0.15) is 16.1 Å². The van der Waals surface area contributed by atoms with E-state index >= 15 is 0 Å². The van der Waals surface area contributed by atoms with Crippen LogP contribution in [-0.4, -0.2) is 21.3 Å². The second-order valence-corrected chi connectivity index (χ2v) is 3.70. The predicted octanol–water partition coefficient (Wildman–Crippen LogP) is 2.37. The Bertz CT molecular complexity index is 584. The van der Waals surface area contributed by atoms with Crippen molar-refractivity contribution in [3.8, 4) is 0 Å². The first kappa shape index (κ1) is 12.0. The van der Waals surface area contributed by atoms with E-state index in [2.05, 4.69) is 15.5 Å². The molecule has 0 radical (unpaired) electrons. The van der Waals surface area contributed by atoms with Gasteiger partial charge in [0.15, 0.2) is 11.5 Å². The highest BCUT2D eigenvalue weighted by molar-refractivity contribution is 5.85. The van der Waals surface area contributed by atoms with Crippen molar-refractivity contribution in [2.45, 2.75) is 6.92 Å². The molecular formula is C12H10FN3O2. The van der Waals surface area contributed by atoms with Gasteiger partial charge in [0.1, 0.15) is 5.82 Å². The Balaban J connectivity index is 2.18. The Morgan fingerprint density at radius 3 is 2.61 bits per heavy atom. The van der Waals surface area contributed by atoms with Crippen molar-refractivity contribution in [2.24, 2.45) is 0 Å². The van der Waals surface area contributed by atoms with Crippen LogP contribution in [0.15, 0.2) is 30.3 Å². The van der Waals surface area contributed by atoms with Crippen LogP contribution in [0.2, 0.25) is 0 Å². The molecular weight excluding hydrogens is 237 g/mol. The van der Waals surface area contributed by atoms with Gasteiger partial charge in [0.05, 0.1) is 0 Å². The lowest BCUT2D eigenvalue weighted by molar-refractivity contribution is 0.0689. The summed E-state index contributed by atoms with van der Waals surface area (Å²) >= 11 is 0. The minimum absolute atomic E-state index is 0.129. The molecule has 2 rings (SSSR count). The molecule has 0 aliphatic heterocycles. The number of hydrogen-bond donors (Lipinski definition) is 2. The van der Waals surface area contributed by atoms with E-state index in [1.807, 2.05) is 0 Å². The fourth-order valence-corrected chi connectivity index (χ4v) is 1.38. The van der Waals surface area contributed by atoms with Crippen LogP contribution in [0.4, 0.5) is 15.9 Å². The van der Waals surface area contributed by atoms with Gasteiger partial charge >= 0.3 is 5.97 Å². The summed E-state index contributed by atoms with van der Waals surface area (Å²) in [6, 6.07) is 7.37. The highest BCUT2D eigenvalue weighted by Crippen LogP contribution is 2.17. The normalized spacial score (nSPS) is 10.1. The number of rotatable bonds is 3. The average Bonchev–Trinajstić information content (AvgIpc) is 2.34. The molecule has 6 heteroatoms. The van der Waals surface area contributed by atoms with Gasteiger partial charge in [-0.1, -0.05) is 0 Å². The van der Waals surface area contributed by atoms with E-state index in [1.165, 1.54) is 18.2 Å². The lowest BCUT2D eigenvalue weighted by Crippen LogP contribution is -2.03. The number of benzene rings is 1. The van der Waals surface area contributed by atoms with Crippen LogP contribution < -0.4 is 5.32 Å². The lowest BCUT2D eigenvalue weighted by atomic mass is 10.2. The van der Waals surface area contributed by atoms with E-state index in [0.29, 0.717) is 17.1 Å². The minimum Gasteiger partial charge on any atom is -0.476 e. The summed E-state index contributed by atoms with van der Waals surface area (Å²) in [5, 5.41) is 18.8. The van der Waals surface area contributed by atoms with Crippen molar-refractivity contribution in [3.63, 3.8) is 0 Å². The molecule has 0 saturated carbocycles. The summed E-state index contributed by atoms with van der Waals surface area (Å²) in [7, 11) is 0. The van der Waals surface area contributed by atoms with Crippen molar-refractivity contribution in [3.05, 3.63) is 47.4 Å². The number of halogens is 1. The van der Waals surface area contributed by atoms with E-state index in [9.17, 15) is 9.18 Å². The first-order chi connectivity index (χ1) is 8.56. The Hall–Kier alpha value is -2.50. The first-order valence-electron chi connectivity index (χ1n) is 5.16. The molecule has 0 aliphatic rings. The molecule has 0 bridgehead atoms. The zero-order valence-electron chi connectivity index (χ0n) is 9.51. The molecule has 0 fully saturated rings. The molecule has 0 amide bonds. The minimum atomic E-state index is -1.13. The van der Waals surface area contributed by atoms with Gasteiger partial charge in [-0.05, 0) is 42.8 Å². The van der Waals surface area contributed by atoms with Crippen LogP contribution >= 0.6 is 0 Å². The monoisotopic (exact) mass is 247 g/mol. The fourth-order valence-electron chi connectivity index (χ4n) is 1.38. The van der Waals surface area contributed by atoms with Crippen molar-refractivity contribution < 1.29 is 14.3 Å². The molecule has 2 N–H and O–H groups in total. The Morgan fingerprint density at radius 1 is 1.28 bits per heavy atom. The number of carboxylic acid groups (broad SMARTS) is 1. The van der Waals surface area contributed by atoms with Crippen LogP contribution in [-0.2, 0) is 0 Å². The molecule has 0 saturated heterocycles. The molecule has 2 aromatic rings.